The van der Waals surface area contributed by atoms with Gasteiger partial charge in [-0.15, -0.1) is 0 Å². The zero-order chi connectivity index (χ0) is 15.8. The zero-order valence-electron chi connectivity index (χ0n) is 13.2. The molecule has 114 valence electrons. The third-order valence-corrected chi connectivity index (χ3v) is 3.80. The molecule has 0 saturated heterocycles. The van der Waals surface area contributed by atoms with Crippen LogP contribution in [0.1, 0.15) is 32.2 Å². The fourth-order valence-electron chi connectivity index (χ4n) is 2.39. The molecule has 0 radical (unpaired) electrons. The van der Waals surface area contributed by atoms with Gasteiger partial charge in [0.25, 0.3) is 5.91 Å². The van der Waals surface area contributed by atoms with E-state index in [-0.39, 0.29) is 11.8 Å². The summed E-state index contributed by atoms with van der Waals surface area (Å²) in [6, 6.07) is 2.00. The van der Waals surface area contributed by atoms with Crippen molar-refractivity contribution >= 4 is 11.8 Å². The van der Waals surface area contributed by atoms with Crippen LogP contribution in [0.5, 0.6) is 0 Å². The Morgan fingerprint density at radius 3 is 2.57 bits per heavy atom. The molecule has 2 heterocycles. The first-order valence-electron chi connectivity index (χ1n) is 7.01. The minimum atomic E-state index is -0.584. The van der Waals surface area contributed by atoms with E-state index in [2.05, 4.69) is 10.4 Å². The molecule has 0 spiro atoms. The summed E-state index contributed by atoms with van der Waals surface area (Å²) in [4.78, 5) is 12.2. The molecule has 1 aliphatic rings. The van der Waals surface area contributed by atoms with Crippen LogP contribution in [0.2, 0.25) is 0 Å². The smallest absolute Gasteiger partial charge is 0.256 e. The molecule has 0 atom stereocenters. The van der Waals surface area contributed by atoms with Gasteiger partial charge >= 0.3 is 0 Å². The quantitative estimate of drug-likeness (QED) is 0.886. The standard InChI is InChI=1S/C15H22N4O2/c1-9-8-10(2)19(18-9)7-6-17-14(20)12-11(3)15(4,5)21-13(12)16/h8,16H,6-7H2,1-5H3,(H,17,20). The van der Waals surface area contributed by atoms with Crippen LogP contribution in [0.15, 0.2) is 17.2 Å². The van der Waals surface area contributed by atoms with Crippen LogP contribution in [0.25, 0.3) is 0 Å². The van der Waals surface area contributed by atoms with Crippen LogP contribution in [0, 0.1) is 19.3 Å². The maximum Gasteiger partial charge on any atom is 0.256 e. The highest BCUT2D eigenvalue weighted by Gasteiger charge is 2.38. The van der Waals surface area contributed by atoms with Crippen molar-refractivity contribution in [3.8, 4) is 0 Å². The van der Waals surface area contributed by atoms with Crippen molar-refractivity contribution in [3.05, 3.63) is 28.6 Å². The van der Waals surface area contributed by atoms with Crippen molar-refractivity contribution in [3.63, 3.8) is 0 Å². The van der Waals surface area contributed by atoms with Crippen LogP contribution in [0.4, 0.5) is 0 Å². The highest BCUT2D eigenvalue weighted by molar-refractivity contribution is 6.19. The number of carbonyl (C=O) groups is 1. The lowest BCUT2D eigenvalue weighted by Crippen LogP contribution is -2.31. The van der Waals surface area contributed by atoms with Gasteiger partial charge in [-0.25, -0.2) is 0 Å². The second-order valence-electron chi connectivity index (χ2n) is 5.85. The highest BCUT2D eigenvalue weighted by Crippen LogP contribution is 2.31. The Morgan fingerprint density at radius 1 is 1.43 bits per heavy atom. The normalized spacial score (nSPS) is 17.1. The van der Waals surface area contributed by atoms with Crippen LogP contribution in [-0.2, 0) is 16.1 Å². The predicted octanol–water partition coefficient (Wildman–Crippen LogP) is 1.72. The highest BCUT2D eigenvalue weighted by atomic mass is 16.5. The van der Waals surface area contributed by atoms with Crippen molar-refractivity contribution in [1.82, 2.24) is 15.1 Å². The van der Waals surface area contributed by atoms with E-state index in [1.54, 1.807) is 0 Å². The predicted molar refractivity (Wildman–Crippen MR) is 80.3 cm³/mol. The zero-order valence-corrected chi connectivity index (χ0v) is 13.2. The summed E-state index contributed by atoms with van der Waals surface area (Å²) >= 11 is 0. The third kappa shape index (κ3) is 2.99. The van der Waals surface area contributed by atoms with E-state index in [0.717, 1.165) is 17.0 Å². The average molecular weight is 290 g/mol. The Bertz CT molecular complexity index is 626. The second kappa shape index (κ2) is 5.35. The Balaban J connectivity index is 1.98. The number of nitrogens with zero attached hydrogens (tertiary/aromatic N) is 2. The summed E-state index contributed by atoms with van der Waals surface area (Å²) in [6.45, 7) is 10.5. The summed E-state index contributed by atoms with van der Waals surface area (Å²) in [6.07, 6.45) is 0. The van der Waals surface area contributed by atoms with Crippen LogP contribution < -0.4 is 5.32 Å². The molecular weight excluding hydrogens is 268 g/mol. The molecule has 0 bridgehead atoms. The van der Waals surface area contributed by atoms with E-state index in [0.29, 0.717) is 18.7 Å². The van der Waals surface area contributed by atoms with Crippen molar-refractivity contribution in [1.29, 1.82) is 5.41 Å². The summed E-state index contributed by atoms with van der Waals surface area (Å²) in [5.74, 6) is -0.314. The third-order valence-electron chi connectivity index (χ3n) is 3.80. The number of rotatable bonds is 4. The Labute approximate surface area is 124 Å². The summed E-state index contributed by atoms with van der Waals surface area (Å²) in [7, 11) is 0. The van der Waals surface area contributed by atoms with Crippen LogP contribution in [-0.4, -0.2) is 33.7 Å². The fraction of sp³-hybridized carbons (Fsp3) is 0.533. The van der Waals surface area contributed by atoms with Crippen LogP contribution in [0.3, 0.4) is 0 Å². The molecule has 0 aromatic carbocycles. The molecule has 2 rings (SSSR count). The number of aromatic nitrogens is 2. The minimum absolute atomic E-state index is 0.0545. The molecule has 1 aromatic rings. The van der Waals surface area contributed by atoms with E-state index in [1.807, 2.05) is 45.4 Å². The molecule has 0 unspecified atom stereocenters. The van der Waals surface area contributed by atoms with E-state index in [9.17, 15) is 4.79 Å². The summed E-state index contributed by atoms with van der Waals surface area (Å²) in [5.41, 5.74) is 2.57. The number of carbonyl (C=O) groups excluding carboxylic acids is 1. The molecule has 0 aliphatic carbocycles. The van der Waals surface area contributed by atoms with E-state index < -0.39 is 5.60 Å². The van der Waals surface area contributed by atoms with Gasteiger partial charge < -0.3 is 10.1 Å². The number of nitrogens with one attached hydrogen (secondary N) is 2. The van der Waals surface area contributed by atoms with Gasteiger partial charge in [-0.1, -0.05) is 0 Å². The number of hydrogen-bond acceptors (Lipinski definition) is 4. The van der Waals surface area contributed by atoms with E-state index >= 15 is 0 Å². The number of ether oxygens (including phenoxy) is 1. The Hall–Kier alpha value is -2.11. The summed E-state index contributed by atoms with van der Waals surface area (Å²) in [5, 5.41) is 15.0. The van der Waals surface area contributed by atoms with Gasteiger partial charge in [-0.05, 0) is 46.3 Å². The molecule has 6 nitrogen and oxygen atoms in total. The molecule has 0 fully saturated rings. The molecule has 6 heteroatoms. The van der Waals surface area contributed by atoms with Crippen molar-refractivity contribution in [2.24, 2.45) is 0 Å². The molecule has 2 N–H and O–H groups in total. The molecular formula is C15H22N4O2. The van der Waals surface area contributed by atoms with Gasteiger partial charge in [-0.2, -0.15) is 5.10 Å². The Morgan fingerprint density at radius 2 is 2.10 bits per heavy atom. The minimum Gasteiger partial charge on any atom is -0.467 e. The lowest BCUT2D eigenvalue weighted by Gasteiger charge is -2.18. The largest absolute Gasteiger partial charge is 0.467 e. The van der Waals surface area contributed by atoms with Gasteiger partial charge in [-0.3, -0.25) is 14.9 Å². The lowest BCUT2D eigenvalue weighted by molar-refractivity contribution is -0.117. The van der Waals surface area contributed by atoms with Crippen molar-refractivity contribution < 1.29 is 9.53 Å². The fourth-order valence-corrected chi connectivity index (χ4v) is 2.39. The molecule has 21 heavy (non-hydrogen) atoms. The first-order chi connectivity index (χ1) is 9.72. The number of amides is 1. The van der Waals surface area contributed by atoms with Crippen LogP contribution >= 0.6 is 0 Å². The van der Waals surface area contributed by atoms with Crippen molar-refractivity contribution in [2.75, 3.05) is 6.54 Å². The van der Waals surface area contributed by atoms with Crippen molar-refractivity contribution in [2.45, 2.75) is 46.8 Å². The molecule has 1 aliphatic heterocycles. The number of hydrogen-bond donors (Lipinski definition) is 2. The molecule has 0 saturated carbocycles. The van der Waals surface area contributed by atoms with Gasteiger partial charge in [0.15, 0.2) is 0 Å². The average Bonchev–Trinajstić information content (AvgIpc) is 2.76. The first kappa shape index (κ1) is 15.3. The lowest BCUT2D eigenvalue weighted by atomic mass is 9.97. The van der Waals surface area contributed by atoms with Gasteiger partial charge in [0.05, 0.1) is 12.2 Å². The second-order valence-corrected chi connectivity index (χ2v) is 5.85. The van der Waals surface area contributed by atoms with Gasteiger partial charge in [0.1, 0.15) is 11.2 Å². The maximum atomic E-state index is 12.2. The summed E-state index contributed by atoms with van der Waals surface area (Å²) < 4.78 is 7.27. The molecule has 1 amide bonds. The topological polar surface area (TPSA) is 80.0 Å². The monoisotopic (exact) mass is 290 g/mol. The number of aryl methyl sites for hydroxylation is 2. The first-order valence-corrected chi connectivity index (χ1v) is 7.01. The van der Waals surface area contributed by atoms with Gasteiger partial charge in [0, 0.05) is 12.2 Å². The van der Waals surface area contributed by atoms with Gasteiger partial charge in [0.2, 0.25) is 5.90 Å². The Kier molecular flexibility index (Phi) is 3.89. The molecule has 1 aromatic heterocycles. The van der Waals surface area contributed by atoms with E-state index in [4.69, 9.17) is 10.1 Å². The SMILES string of the molecule is CC1=C(C(=O)NCCn2nc(C)cc2C)C(=N)OC1(C)C. The maximum absolute atomic E-state index is 12.2. The van der Waals surface area contributed by atoms with E-state index in [1.165, 1.54) is 0 Å².